The molecule has 0 aliphatic carbocycles. The van der Waals surface area contributed by atoms with Gasteiger partial charge in [0, 0.05) is 25.4 Å². The predicted molar refractivity (Wildman–Crippen MR) is 78.1 cm³/mol. The van der Waals surface area contributed by atoms with Crippen LogP contribution in [-0.4, -0.2) is 28.5 Å². The van der Waals surface area contributed by atoms with Gasteiger partial charge in [-0.15, -0.1) is 0 Å². The molecule has 0 saturated carbocycles. The molecule has 1 aromatic heterocycles. The van der Waals surface area contributed by atoms with Crippen LogP contribution in [0.4, 0.5) is 5.69 Å². The van der Waals surface area contributed by atoms with E-state index in [1.54, 1.807) is 23.5 Å². The number of hydrogen-bond acceptors (Lipinski definition) is 3. The molecule has 1 atom stereocenters. The van der Waals surface area contributed by atoms with Crippen molar-refractivity contribution in [1.29, 1.82) is 0 Å². The number of anilines is 1. The second kappa shape index (κ2) is 5.26. The van der Waals surface area contributed by atoms with Gasteiger partial charge in [-0.2, -0.15) is 0 Å². The van der Waals surface area contributed by atoms with Crippen molar-refractivity contribution in [3.05, 3.63) is 41.9 Å². The van der Waals surface area contributed by atoms with Crippen LogP contribution in [0.2, 0.25) is 5.02 Å². The van der Waals surface area contributed by atoms with Gasteiger partial charge in [-0.25, -0.2) is 4.98 Å². The lowest BCUT2D eigenvalue weighted by Crippen LogP contribution is -2.27. The molecule has 1 aromatic carbocycles. The van der Waals surface area contributed by atoms with Crippen LogP contribution in [0.1, 0.15) is 6.42 Å². The number of rotatable bonds is 3. The molecule has 0 spiro atoms. The second-order valence-electron chi connectivity index (χ2n) is 4.89. The zero-order valence-corrected chi connectivity index (χ0v) is 11.6. The van der Waals surface area contributed by atoms with E-state index in [0.29, 0.717) is 24.5 Å². The summed E-state index contributed by atoms with van der Waals surface area (Å²) in [5.74, 6) is 0.293. The average Bonchev–Trinajstić information content (AvgIpc) is 3.07. The Hall–Kier alpha value is -1.85. The van der Waals surface area contributed by atoms with E-state index in [2.05, 4.69) is 4.98 Å². The molecule has 2 heterocycles. The number of nitrogens with two attached hydrogens (primary N) is 1. The fraction of sp³-hybridized carbons (Fsp3) is 0.286. The van der Waals surface area contributed by atoms with Gasteiger partial charge in [0.05, 0.1) is 22.7 Å². The van der Waals surface area contributed by atoms with Gasteiger partial charge in [-0.05, 0) is 24.6 Å². The van der Waals surface area contributed by atoms with Crippen LogP contribution < -0.4 is 10.6 Å². The van der Waals surface area contributed by atoms with E-state index >= 15 is 0 Å². The highest BCUT2D eigenvalue weighted by Crippen LogP contribution is 2.34. The lowest BCUT2D eigenvalue weighted by Gasteiger charge is -2.21. The fourth-order valence-electron chi connectivity index (χ4n) is 2.54. The van der Waals surface area contributed by atoms with E-state index in [0.717, 1.165) is 11.4 Å². The summed E-state index contributed by atoms with van der Waals surface area (Å²) in [5, 5.41) is 0.587. The summed E-state index contributed by atoms with van der Waals surface area (Å²) >= 11 is 6.31. The van der Waals surface area contributed by atoms with E-state index in [1.807, 2.05) is 22.9 Å². The standard InChI is InChI=1S/C14H15ClN4O/c15-11-2-1-3-12(14(11)18-5-4-17-9-18)19-8-10(7-16)6-13(19)20/h1-5,9-10H,6-8,16H2. The largest absolute Gasteiger partial charge is 0.330 e. The van der Waals surface area contributed by atoms with Crippen molar-refractivity contribution >= 4 is 23.2 Å². The third-order valence-electron chi connectivity index (χ3n) is 3.56. The minimum absolute atomic E-state index is 0.0871. The van der Waals surface area contributed by atoms with Gasteiger partial charge in [0.1, 0.15) is 0 Å². The van der Waals surface area contributed by atoms with Crippen LogP contribution >= 0.6 is 11.6 Å². The van der Waals surface area contributed by atoms with Crippen LogP contribution in [0.25, 0.3) is 5.69 Å². The number of carbonyl (C=O) groups is 1. The van der Waals surface area contributed by atoms with Gasteiger partial charge < -0.3 is 15.2 Å². The smallest absolute Gasteiger partial charge is 0.227 e. The van der Waals surface area contributed by atoms with Gasteiger partial charge in [-0.1, -0.05) is 17.7 Å². The first-order valence-corrected chi connectivity index (χ1v) is 6.85. The minimum atomic E-state index is 0.0871. The Bertz CT molecular complexity index is 626. The summed E-state index contributed by atoms with van der Waals surface area (Å²) in [6.45, 7) is 1.15. The summed E-state index contributed by atoms with van der Waals surface area (Å²) in [4.78, 5) is 18.0. The first kappa shape index (κ1) is 13.1. The van der Waals surface area contributed by atoms with Gasteiger partial charge in [0.2, 0.25) is 5.91 Å². The summed E-state index contributed by atoms with van der Waals surface area (Å²) in [5.41, 5.74) is 7.26. The molecule has 3 rings (SSSR count). The molecule has 2 aromatic rings. The Kier molecular flexibility index (Phi) is 3.46. The maximum absolute atomic E-state index is 12.2. The Morgan fingerprint density at radius 3 is 2.95 bits per heavy atom. The fourth-order valence-corrected chi connectivity index (χ4v) is 2.81. The molecule has 1 aliphatic heterocycles. The lowest BCUT2D eigenvalue weighted by molar-refractivity contribution is -0.117. The monoisotopic (exact) mass is 290 g/mol. The number of carbonyl (C=O) groups excluding carboxylic acids is 1. The molecule has 1 fully saturated rings. The number of nitrogens with zero attached hydrogens (tertiary/aromatic N) is 3. The van der Waals surface area contributed by atoms with Gasteiger partial charge in [-0.3, -0.25) is 4.79 Å². The molecule has 6 heteroatoms. The highest BCUT2D eigenvalue weighted by atomic mass is 35.5. The first-order chi connectivity index (χ1) is 9.70. The average molecular weight is 291 g/mol. The van der Waals surface area contributed by atoms with Crippen molar-refractivity contribution in [3.63, 3.8) is 0 Å². The summed E-state index contributed by atoms with van der Waals surface area (Å²) in [7, 11) is 0. The number of benzene rings is 1. The SMILES string of the molecule is NCC1CC(=O)N(c2cccc(Cl)c2-n2ccnc2)C1. The van der Waals surface area contributed by atoms with Gasteiger partial charge in [0.15, 0.2) is 0 Å². The van der Waals surface area contributed by atoms with Crippen LogP contribution in [0, 0.1) is 5.92 Å². The third-order valence-corrected chi connectivity index (χ3v) is 3.86. The second-order valence-corrected chi connectivity index (χ2v) is 5.29. The topological polar surface area (TPSA) is 64.2 Å². The maximum Gasteiger partial charge on any atom is 0.227 e. The predicted octanol–water partition coefficient (Wildman–Crippen LogP) is 1.84. The maximum atomic E-state index is 12.2. The molecule has 104 valence electrons. The first-order valence-electron chi connectivity index (χ1n) is 6.48. The van der Waals surface area contributed by atoms with Crippen molar-refractivity contribution in [2.24, 2.45) is 11.7 Å². The number of para-hydroxylation sites is 1. The van der Waals surface area contributed by atoms with Crippen LogP contribution in [-0.2, 0) is 4.79 Å². The number of imidazole rings is 1. The van der Waals surface area contributed by atoms with Crippen LogP contribution in [0.15, 0.2) is 36.9 Å². The quantitative estimate of drug-likeness (QED) is 0.938. The Morgan fingerprint density at radius 1 is 1.45 bits per heavy atom. The molecule has 5 nitrogen and oxygen atoms in total. The zero-order valence-electron chi connectivity index (χ0n) is 10.9. The van der Waals surface area contributed by atoms with E-state index in [9.17, 15) is 4.79 Å². The minimum Gasteiger partial charge on any atom is -0.330 e. The molecule has 2 N–H and O–H groups in total. The molecule has 1 aliphatic rings. The Morgan fingerprint density at radius 2 is 2.30 bits per heavy atom. The van der Waals surface area contributed by atoms with Crippen molar-refractivity contribution in [3.8, 4) is 5.69 Å². The number of halogens is 1. The van der Waals surface area contributed by atoms with Crippen molar-refractivity contribution < 1.29 is 4.79 Å². The molecular formula is C14H15ClN4O. The molecule has 0 bridgehead atoms. The highest BCUT2D eigenvalue weighted by molar-refractivity contribution is 6.33. The lowest BCUT2D eigenvalue weighted by atomic mass is 10.1. The zero-order chi connectivity index (χ0) is 14.1. The molecule has 1 saturated heterocycles. The number of aromatic nitrogens is 2. The molecule has 0 radical (unpaired) electrons. The highest BCUT2D eigenvalue weighted by Gasteiger charge is 2.31. The molecule has 1 amide bonds. The summed E-state index contributed by atoms with van der Waals surface area (Å²) in [6.07, 6.45) is 5.66. The van der Waals surface area contributed by atoms with Crippen molar-refractivity contribution in [2.45, 2.75) is 6.42 Å². The molecule has 1 unspecified atom stereocenters. The number of hydrogen-bond donors (Lipinski definition) is 1. The van der Waals surface area contributed by atoms with E-state index in [1.165, 1.54) is 0 Å². The molecular weight excluding hydrogens is 276 g/mol. The van der Waals surface area contributed by atoms with E-state index in [4.69, 9.17) is 17.3 Å². The Labute approximate surface area is 122 Å². The van der Waals surface area contributed by atoms with Crippen LogP contribution in [0.3, 0.4) is 0 Å². The normalized spacial score (nSPS) is 18.8. The van der Waals surface area contributed by atoms with Crippen LogP contribution in [0.5, 0.6) is 0 Å². The molecule has 20 heavy (non-hydrogen) atoms. The third kappa shape index (κ3) is 2.19. The summed E-state index contributed by atoms with van der Waals surface area (Å²) in [6, 6.07) is 5.56. The van der Waals surface area contributed by atoms with Gasteiger partial charge >= 0.3 is 0 Å². The van der Waals surface area contributed by atoms with Gasteiger partial charge in [0.25, 0.3) is 0 Å². The van der Waals surface area contributed by atoms with Crippen molar-refractivity contribution in [1.82, 2.24) is 9.55 Å². The Balaban J connectivity index is 2.06. The number of amides is 1. The van der Waals surface area contributed by atoms with E-state index in [-0.39, 0.29) is 11.8 Å². The van der Waals surface area contributed by atoms with Crippen molar-refractivity contribution in [2.75, 3.05) is 18.0 Å². The van der Waals surface area contributed by atoms with E-state index < -0.39 is 0 Å². The summed E-state index contributed by atoms with van der Waals surface area (Å²) < 4.78 is 1.82.